The highest BCUT2D eigenvalue weighted by Gasteiger charge is 2.06. The zero-order chi connectivity index (χ0) is 11.0. The van der Waals surface area contributed by atoms with Gasteiger partial charge < -0.3 is 10.3 Å². The molecule has 3 aromatic rings. The Hall–Kier alpha value is -2.36. The number of aromatic nitrogens is 2. The van der Waals surface area contributed by atoms with Crippen molar-refractivity contribution in [3.63, 3.8) is 0 Å². The number of rotatable bonds is 1. The quantitative estimate of drug-likeness (QED) is 0.671. The van der Waals surface area contributed by atoms with Gasteiger partial charge in [-0.3, -0.25) is 4.98 Å². The van der Waals surface area contributed by atoms with Crippen LogP contribution >= 0.6 is 0 Å². The molecular formula is C12H9N3O. The van der Waals surface area contributed by atoms with E-state index in [-0.39, 0.29) is 0 Å². The number of benzene rings is 1. The molecule has 1 aromatic carbocycles. The monoisotopic (exact) mass is 211 g/mol. The minimum Gasteiger partial charge on any atom is -0.380 e. The van der Waals surface area contributed by atoms with Crippen molar-refractivity contribution in [1.29, 1.82) is 0 Å². The van der Waals surface area contributed by atoms with Gasteiger partial charge in [-0.15, -0.1) is 0 Å². The smallest absolute Gasteiger partial charge is 0.174 e. The standard InChI is InChI=1S/C12H9N3O/c13-12-11(7-16-15-12)9-1-2-10-6-14-4-3-8(10)5-9/h1-7H,(H2,13,15). The number of nitrogen functional groups attached to an aromatic ring is 1. The molecular weight excluding hydrogens is 202 g/mol. The van der Waals surface area contributed by atoms with Gasteiger partial charge in [-0.25, -0.2) is 0 Å². The third kappa shape index (κ3) is 1.32. The highest BCUT2D eigenvalue weighted by atomic mass is 16.5. The fourth-order valence-corrected chi connectivity index (χ4v) is 1.71. The molecule has 2 N–H and O–H groups in total. The fraction of sp³-hybridized carbons (Fsp3) is 0. The van der Waals surface area contributed by atoms with Gasteiger partial charge in [0.25, 0.3) is 0 Å². The van der Waals surface area contributed by atoms with E-state index < -0.39 is 0 Å². The lowest BCUT2D eigenvalue weighted by Gasteiger charge is -2.00. The molecule has 4 nitrogen and oxygen atoms in total. The van der Waals surface area contributed by atoms with E-state index in [9.17, 15) is 0 Å². The van der Waals surface area contributed by atoms with E-state index in [4.69, 9.17) is 10.3 Å². The number of nitrogens with two attached hydrogens (primary N) is 1. The Balaban J connectivity index is 2.23. The maximum Gasteiger partial charge on any atom is 0.174 e. The van der Waals surface area contributed by atoms with E-state index in [1.54, 1.807) is 12.5 Å². The van der Waals surface area contributed by atoms with Crippen LogP contribution in [-0.4, -0.2) is 10.1 Å². The molecule has 0 aliphatic rings. The van der Waals surface area contributed by atoms with Crippen LogP contribution < -0.4 is 5.73 Å². The molecule has 0 bridgehead atoms. The molecule has 0 aliphatic carbocycles. The largest absolute Gasteiger partial charge is 0.380 e. The van der Waals surface area contributed by atoms with E-state index in [0.717, 1.165) is 21.9 Å². The summed E-state index contributed by atoms with van der Waals surface area (Å²) in [6.45, 7) is 0. The molecule has 2 heterocycles. The van der Waals surface area contributed by atoms with Crippen LogP contribution in [0.2, 0.25) is 0 Å². The van der Waals surface area contributed by atoms with Crippen LogP contribution in [0.5, 0.6) is 0 Å². The molecule has 0 saturated heterocycles. The Bertz CT molecular complexity index is 645. The molecule has 0 atom stereocenters. The molecule has 2 aromatic heterocycles. The summed E-state index contributed by atoms with van der Waals surface area (Å²) in [5, 5.41) is 5.88. The van der Waals surface area contributed by atoms with E-state index >= 15 is 0 Å². The van der Waals surface area contributed by atoms with Crippen molar-refractivity contribution in [1.82, 2.24) is 10.1 Å². The van der Waals surface area contributed by atoms with Gasteiger partial charge in [-0.05, 0) is 23.1 Å². The van der Waals surface area contributed by atoms with E-state index in [2.05, 4.69) is 10.1 Å². The number of hydrogen-bond acceptors (Lipinski definition) is 4. The minimum absolute atomic E-state index is 0.411. The van der Waals surface area contributed by atoms with Crippen LogP contribution in [0.1, 0.15) is 0 Å². The van der Waals surface area contributed by atoms with Crippen molar-refractivity contribution in [3.05, 3.63) is 42.9 Å². The summed E-state index contributed by atoms with van der Waals surface area (Å²) in [6, 6.07) is 7.99. The number of fused-ring (bicyclic) bond motifs is 1. The van der Waals surface area contributed by atoms with Crippen LogP contribution in [0.15, 0.2) is 47.4 Å². The van der Waals surface area contributed by atoms with Gasteiger partial charge in [-0.1, -0.05) is 17.3 Å². The molecule has 0 fully saturated rings. The lowest BCUT2D eigenvalue weighted by Crippen LogP contribution is -1.87. The molecule has 0 spiro atoms. The third-order valence-electron chi connectivity index (χ3n) is 2.55. The zero-order valence-corrected chi connectivity index (χ0v) is 8.42. The topological polar surface area (TPSA) is 64.9 Å². The van der Waals surface area contributed by atoms with Crippen molar-refractivity contribution in [2.45, 2.75) is 0 Å². The predicted molar refractivity (Wildman–Crippen MR) is 61.7 cm³/mol. The Morgan fingerprint density at radius 2 is 2.06 bits per heavy atom. The normalized spacial score (nSPS) is 10.8. The maximum atomic E-state index is 5.70. The lowest BCUT2D eigenvalue weighted by atomic mass is 10.0. The van der Waals surface area contributed by atoms with Crippen LogP contribution in [0.25, 0.3) is 21.9 Å². The van der Waals surface area contributed by atoms with Crippen molar-refractivity contribution in [2.75, 3.05) is 5.73 Å². The number of hydrogen-bond donors (Lipinski definition) is 1. The Kier molecular flexibility index (Phi) is 1.86. The Labute approximate surface area is 91.7 Å². The summed E-state index contributed by atoms with van der Waals surface area (Å²) in [5.41, 5.74) is 7.52. The zero-order valence-electron chi connectivity index (χ0n) is 8.42. The summed E-state index contributed by atoms with van der Waals surface area (Å²) >= 11 is 0. The highest BCUT2D eigenvalue weighted by molar-refractivity contribution is 5.88. The molecule has 4 heteroatoms. The molecule has 0 aliphatic heterocycles. The number of anilines is 1. The van der Waals surface area contributed by atoms with Gasteiger partial charge in [0, 0.05) is 17.8 Å². The first-order valence-corrected chi connectivity index (χ1v) is 4.88. The molecule has 78 valence electrons. The molecule has 0 unspecified atom stereocenters. The number of nitrogens with zero attached hydrogens (tertiary/aromatic N) is 2. The first-order chi connectivity index (χ1) is 7.84. The lowest BCUT2D eigenvalue weighted by molar-refractivity contribution is 0.423. The summed E-state index contributed by atoms with van der Waals surface area (Å²) in [4.78, 5) is 4.07. The van der Waals surface area contributed by atoms with E-state index in [0.29, 0.717) is 5.82 Å². The van der Waals surface area contributed by atoms with E-state index in [1.807, 2.05) is 30.5 Å². The Morgan fingerprint density at radius 1 is 1.12 bits per heavy atom. The maximum absolute atomic E-state index is 5.70. The first-order valence-electron chi connectivity index (χ1n) is 4.88. The number of pyridine rings is 1. The van der Waals surface area contributed by atoms with Gasteiger partial charge in [0.15, 0.2) is 5.82 Å². The van der Waals surface area contributed by atoms with Gasteiger partial charge in [0.05, 0.1) is 5.56 Å². The molecule has 0 saturated carbocycles. The van der Waals surface area contributed by atoms with Crippen molar-refractivity contribution < 1.29 is 4.52 Å². The molecule has 0 amide bonds. The predicted octanol–water partition coefficient (Wildman–Crippen LogP) is 2.47. The second kappa shape index (κ2) is 3.34. The van der Waals surface area contributed by atoms with Gasteiger partial charge in [-0.2, -0.15) is 0 Å². The summed E-state index contributed by atoms with van der Waals surface area (Å²) < 4.78 is 4.82. The summed E-state index contributed by atoms with van der Waals surface area (Å²) in [7, 11) is 0. The van der Waals surface area contributed by atoms with Crippen LogP contribution in [-0.2, 0) is 0 Å². The summed E-state index contributed by atoms with van der Waals surface area (Å²) in [6.07, 6.45) is 5.15. The fourth-order valence-electron chi connectivity index (χ4n) is 1.71. The van der Waals surface area contributed by atoms with Gasteiger partial charge in [0.1, 0.15) is 6.26 Å². The van der Waals surface area contributed by atoms with Crippen LogP contribution in [0.3, 0.4) is 0 Å². The van der Waals surface area contributed by atoms with Crippen LogP contribution in [0.4, 0.5) is 5.82 Å². The average Bonchev–Trinajstić information content (AvgIpc) is 2.75. The average molecular weight is 211 g/mol. The van der Waals surface area contributed by atoms with E-state index in [1.165, 1.54) is 0 Å². The van der Waals surface area contributed by atoms with Crippen molar-refractivity contribution in [3.8, 4) is 11.1 Å². The second-order valence-electron chi connectivity index (χ2n) is 3.55. The molecule has 3 rings (SSSR count). The second-order valence-corrected chi connectivity index (χ2v) is 3.55. The van der Waals surface area contributed by atoms with Crippen molar-refractivity contribution in [2.24, 2.45) is 0 Å². The first kappa shape index (κ1) is 8.91. The van der Waals surface area contributed by atoms with Crippen molar-refractivity contribution >= 4 is 16.6 Å². The third-order valence-corrected chi connectivity index (χ3v) is 2.55. The molecule has 16 heavy (non-hydrogen) atoms. The summed E-state index contributed by atoms with van der Waals surface area (Å²) in [5.74, 6) is 0.411. The molecule has 0 radical (unpaired) electrons. The van der Waals surface area contributed by atoms with Crippen LogP contribution in [0, 0.1) is 0 Å². The SMILES string of the molecule is Nc1nocc1-c1ccc2cnccc2c1. The highest BCUT2D eigenvalue weighted by Crippen LogP contribution is 2.27. The Morgan fingerprint density at radius 3 is 2.88 bits per heavy atom. The van der Waals surface area contributed by atoms with Gasteiger partial charge in [0.2, 0.25) is 0 Å². The van der Waals surface area contributed by atoms with Gasteiger partial charge >= 0.3 is 0 Å². The minimum atomic E-state index is 0.411.